The third-order valence-corrected chi connectivity index (χ3v) is 4.23. The summed E-state index contributed by atoms with van der Waals surface area (Å²) in [5.74, 6) is -0.824. The van der Waals surface area contributed by atoms with Crippen molar-refractivity contribution in [1.82, 2.24) is 4.90 Å². The predicted octanol–water partition coefficient (Wildman–Crippen LogP) is 2.51. The molecular formula is C18H25FN3O3P. The molecule has 1 saturated heterocycles. The van der Waals surface area contributed by atoms with Gasteiger partial charge >= 0.3 is 6.09 Å². The molecule has 2 rings (SSSR count). The van der Waals surface area contributed by atoms with Gasteiger partial charge in [0.05, 0.1) is 5.69 Å². The lowest BCUT2D eigenvalue weighted by Gasteiger charge is -2.37. The van der Waals surface area contributed by atoms with Crippen molar-refractivity contribution in [3.63, 3.8) is 0 Å². The van der Waals surface area contributed by atoms with Crippen LogP contribution in [0.15, 0.2) is 24.8 Å². The second-order valence-electron chi connectivity index (χ2n) is 7.04. The first-order chi connectivity index (χ1) is 12.1. The first-order valence-electron chi connectivity index (χ1n) is 8.36. The third kappa shape index (κ3) is 5.18. The molecule has 1 aromatic rings. The van der Waals surface area contributed by atoms with Gasteiger partial charge in [-0.05, 0) is 44.3 Å². The van der Waals surface area contributed by atoms with Gasteiger partial charge in [-0.2, -0.15) is 0 Å². The average Bonchev–Trinajstić information content (AvgIpc) is 2.53. The van der Waals surface area contributed by atoms with Crippen molar-refractivity contribution in [3.8, 4) is 0 Å². The third-order valence-electron chi connectivity index (χ3n) is 3.79. The van der Waals surface area contributed by atoms with Crippen LogP contribution in [0.4, 0.5) is 20.6 Å². The lowest BCUT2D eigenvalue weighted by Crippen LogP contribution is -2.51. The number of nitrogens with one attached hydrogen (secondary N) is 1. The fourth-order valence-corrected chi connectivity index (χ4v) is 3.16. The minimum Gasteiger partial charge on any atom is -0.444 e. The van der Waals surface area contributed by atoms with Crippen molar-refractivity contribution < 1.29 is 18.7 Å². The van der Waals surface area contributed by atoms with Gasteiger partial charge in [-0.3, -0.25) is 4.79 Å². The van der Waals surface area contributed by atoms with Gasteiger partial charge in [-0.25, -0.2) is 9.18 Å². The summed E-state index contributed by atoms with van der Waals surface area (Å²) in [5, 5.41) is 3.18. The number of anilines is 2. The quantitative estimate of drug-likeness (QED) is 0.646. The molecule has 1 aromatic carbocycles. The van der Waals surface area contributed by atoms with Crippen LogP contribution in [0, 0.1) is 5.82 Å². The summed E-state index contributed by atoms with van der Waals surface area (Å²) in [6.07, 6.45) is 0.774. The monoisotopic (exact) mass is 381 g/mol. The molecule has 0 aromatic heterocycles. The lowest BCUT2D eigenvalue weighted by molar-refractivity contribution is -0.111. The number of piperazine rings is 1. The van der Waals surface area contributed by atoms with E-state index in [1.807, 2.05) is 25.7 Å². The summed E-state index contributed by atoms with van der Waals surface area (Å²) in [5.41, 5.74) is 0.281. The largest absolute Gasteiger partial charge is 0.444 e. The zero-order valence-corrected chi connectivity index (χ0v) is 16.5. The minimum atomic E-state index is -0.542. The van der Waals surface area contributed by atoms with Crippen molar-refractivity contribution in [2.45, 2.75) is 26.4 Å². The summed E-state index contributed by atoms with van der Waals surface area (Å²) >= 11 is 0. The van der Waals surface area contributed by atoms with Crippen LogP contribution in [0.1, 0.15) is 20.8 Å². The Morgan fingerprint density at radius 3 is 2.38 bits per heavy atom. The van der Waals surface area contributed by atoms with Gasteiger partial charge < -0.3 is 19.9 Å². The number of hydrogen-bond acceptors (Lipinski definition) is 4. The second-order valence-corrected chi connectivity index (χ2v) is 7.67. The Labute approximate surface area is 155 Å². The summed E-state index contributed by atoms with van der Waals surface area (Å²) in [4.78, 5) is 27.0. The van der Waals surface area contributed by atoms with E-state index in [1.54, 1.807) is 11.0 Å². The van der Waals surface area contributed by atoms with Gasteiger partial charge in [-0.15, -0.1) is 9.24 Å². The van der Waals surface area contributed by atoms with Crippen LogP contribution in [0.3, 0.4) is 0 Å². The highest BCUT2D eigenvalue weighted by atomic mass is 31.0. The SMILES string of the molecule is C=CC(=O)Nc1cc(F)c(N2CCN(C(=O)OC(C)(C)C)CC2)c(P)c1. The summed E-state index contributed by atoms with van der Waals surface area (Å²) in [7, 11) is 2.49. The van der Waals surface area contributed by atoms with Crippen molar-refractivity contribution in [2.24, 2.45) is 0 Å². The molecule has 1 unspecified atom stereocenters. The molecule has 0 aliphatic carbocycles. The normalized spacial score (nSPS) is 14.8. The summed E-state index contributed by atoms with van der Waals surface area (Å²) in [6, 6.07) is 2.97. The zero-order valence-electron chi connectivity index (χ0n) is 15.3. The second kappa shape index (κ2) is 8.04. The van der Waals surface area contributed by atoms with Crippen LogP contribution >= 0.6 is 9.24 Å². The Morgan fingerprint density at radius 1 is 1.27 bits per heavy atom. The molecule has 1 fully saturated rings. The smallest absolute Gasteiger partial charge is 0.410 e. The van der Waals surface area contributed by atoms with E-state index in [0.717, 1.165) is 6.08 Å². The van der Waals surface area contributed by atoms with Gasteiger partial charge in [0, 0.05) is 31.9 Å². The number of carbonyl (C=O) groups is 2. The molecule has 0 saturated carbocycles. The minimum absolute atomic E-state index is 0.355. The van der Waals surface area contributed by atoms with E-state index in [0.29, 0.717) is 42.9 Å². The number of rotatable bonds is 3. The number of hydrogen-bond donors (Lipinski definition) is 1. The zero-order chi connectivity index (χ0) is 19.5. The topological polar surface area (TPSA) is 61.9 Å². The van der Waals surface area contributed by atoms with E-state index in [4.69, 9.17) is 4.74 Å². The first kappa shape index (κ1) is 20.2. The highest BCUT2D eigenvalue weighted by molar-refractivity contribution is 7.28. The molecule has 142 valence electrons. The maximum atomic E-state index is 14.6. The maximum Gasteiger partial charge on any atom is 0.410 e. The molecule has 2 amide bonds. The Balaban J connectivity index is 2.06. The number of amides is 2. The Morgan fingerprint density at radius 2 is 1.88 bits per heavy atom. The Kier molecular flexibility index (Phi) is 6.24. The van der Waals surface area contributed by atoms with Crippen LogP contribution in [-0.4, -0.2) is 48.7 Å². The number of carbonyl (C=O) groups excluding carboxylic acids is 2. The van der Waals surface area contributed by atoms with Gasteiger partial charge in [0.15, 0.2) is 0 Å². The van der Waals surface area contributed by atoms with E-state index in [-0.39, 0.29) is 6.09 Å². The average molecular weight is 381 g/mol. The molecule has 1 heterocycles. The molecule has 6 nitrogen and oxygen atoms in total. The molecule has 0 radical (unpaired) electrons. The molecule has 1 aliphatic heterocycles. The lowest BCUT2D eigenvalue weighted by atomic mass is 10.2. The fourth-order valence-electron chi connectivity index (χ4n) is 2.66. The highest BCUT2D eigenvalue weighted by Crippen LogP contribution is 2.25. The van der Waals surface area contributed by atoms with Gasteiger partial charge in [-0.1, -0.05) is 6.58 Å². The number of nitrogens with zero attached hydrogens (tertiary/aromatic N) is 2. The van der Waals surface area contributed by atoms with Crippen molar-refractivity contribution in [2.75, 3.05) is 36.4 Å². The highest BCUT2D eigenvalue weighted by Gasteiger charge is 2.27. The number of benzene rings is 1. The van der Waals surface area contributed by atoms with E-state index >= 15 is 0 Å². The van der Waals surface area contributed by atoms with Gasteiger partial charge in [0.2, 0.25) is 5.91 Å². The molecule has 1 atom stereocenters. The number of halogens is 1. The van der Waals surface area contributed by atoms with Crippen LogP contribution in [0.2, 0.25) is 0 Å². The molecule has 8 heteroatoms. The van der Waals surface area contributed by atoms with Crippen molar-refractivity contribution in [1.29, 1.82) is 0 Å². The molecule has 26 heavy (non-hydrogen) atoms. The Bertz CT molecular complexity index is 687. The van der Waals surface area contributed by atoms with E-state index in [1.165, 1.54) is 6.07 Å². The molecule has 1 N–H and O–H groups in total. The predicted molar refractivity (Wildman–Crippen MR) is 105 cm³/mol. The van der Waals surface area contributed by atoms with Crippen LogP contribution in [-0.2, 0) is 9.53 Å². The fraction of sp³-hybridized carbons (Fsp3) is 0.444. The first-order valence-corrected chi connectivity index (χ1v) is 8.94. The summed E-state index contributed by atoms with van der Waals surface area (Å²) < 4.78 is 20.0. The van der Waals surface area contributed by atoms with Crippen LogP contribution in [0.5, 0.6) is 0 Å². The molecule has 1 aliphatic rings. The summed E-state index contributed by atoms with van der Waals surface area (Å²) in [6.45, 7) is 10.7. The Hall–Kier alpha value is -2.14. The standard InChI is InChI=1S/C18H25FN3O3P/c1-5-15(23)20-12-10-13(19)16(14(26)11-12)21-6-8-22(9-7-21)17(24)25-18(2,3)4/h5,10-11H,1,6-9,26H2,2-4H3,(H,20,23). The van der Waals surface area contributed by atoms with E-state index in [2.05, 4.69) is 21.1 Å². The molecular weight excluding hydrogens is 356 g/mol. The molecule has 0 bridgehead atoms. The van der Waals surface area contributed by atoms with E-state index in [9.17, 15) is 14.0 Å². The molecule has 0 spiro atoms. The van der Waals surface area contributed by atoms with Crippen molar-refractivity contribution >= 4 is 37.9 Å². The van der Waals surface area contributed by atoms with Gasteiger partial charge in [0.1, 0.15) is 11.4 Å². The van der Waals surface area contributed by atoms with Crippen LogP contribution < -0.4 is 15.5 Å². The van der Waals surface area contributed by atoms with Gasteiger partial charge in [0.25, 0.3) is 0 Å². The van der Waals surface area contributed by atoms with E-state index < -0.39 is 17.3 Å². The van der Waals surface area contributed by atoms with Crippen LogP contribution in [0.25, 0.3) is 0 Å². The maximum absolute atomic E-state index is 14.6. The van der Waals surface area contributed by atoms with Crippen molar-refractivity contribution in [3.05, 3.63) is 30.6 Å². The number of ether oxygens (including phenoxy) is 1.